The van der Waals surface area contributed by atoms with Crippen LogP contribution in [0.4, 0.5) is 0 Å². The number of halogens is 1. The van der Waals surface area contributed by atoms with Gasteiger partial charge in [0.2, 0.25) is 0 Å². The number of hydrogen-bond donors (Lipinski definition) is 0. The van der Waals surface area contributed by atoms with Crippen LogP contribution in [-0.2, 0) is 11.2 Å². The Bertz CT molecular complexity index is 1000. The Hall–Kier alpha value is -3.12. The van der Waals surface area contributed by atoms with Crippen molar-refractivity contribution in [3.8, 4) is 11.5 Å². The zero-order valence-electron chi connectivity index (χ0n) is 15.8. The highest BCUT2D eigenvalue weighted by molar-refractivity contribution is 9.10. The lowest BCUT2D eigenvalue weighted by Crippen LogP contribution is -2.12. The molecule has 0 aliphatic heterocycles. The van der Waals surface area contributed by atoms with Crippen molar-refractivity contribution in [2.75, 3.05) is 13.7 Å². The first-order valence-corrected chi connectivity index (χ1v) is 9.73. The van der Waals surface area contributed by atoms with Gasteiger partial charge in [-0.25, -0.2) is 9.59 Å². The molecule has 0 atom stereocenters. The van der Waals surface area contributed by atoms with E-state index in [0.29, 0.717) is 17.7 Å². The summed E-state index contributed by atoms with van der Waals surface area (Å²) in [6.45, 7) is 0.266. The van der Waals surface area contributed by atoms with Crippen LogP contribution in [0.1, 0.15) is 26.3 Å². The van der Waals surface area contributed by atoms with Gasteiger partial charge in [-0.15, -0.1) is 0 Å². The van der Waals surface area contributed by atoms with Gasteiger partial charge < -0.3 is 14.2 Å². The van der Waals surface area contributed by atoms with E-state index < -0.39 is 11.9 Å². The molecule has 148 valence electrons. The van der Waals surface area contributed by atoms with E-state index in [1.807, 2.05) is 30.3 Å². The first-order valence-electron chi connectivity index (χ1n) is 8.93. The number of esters is 2. The van der Waals surface area contributed by atoms with Crippen molar-refractivity contribution < 1.29 is 23.8 Å². The Labute approximate surface area is 177 Å². The van der Waals surface area contributed by atoms with Crippen molar-refractivity contribution in [2.24, 2.45) is 0 Å². The average molecular weight is 455 g/mol. The highest BCUT2D eigenvalue weighted by Crippen LogP contribution is 2.25. The van der Waals surface area contributed by atoms with Gasteiger partial charge in [0.1, 0.15) is 17.1 Å². The van der Waals surface area contributed by atoms with Crippen LogP contribution >= 0.6 is 15.9 Å². The van der Waals surface area contributed by atoms with E-state index >= 15 is 0 Å². The second kappa shape index (κ2) is 9.89. The molecule has 0 unspecified atom stereocenters. The molecule has 0 radical (unpaired) electrons. The molecule has 0 N–H and O–H groups in total. The van der Waals surface area contributed by atoms with E-state index in [2.05, 4.69) is 15.9 Å². The van der Waals surface area contributed by atoms with Crippen LogP contribution in [0.5, 0.6) is 11.5 Å². The standard InChI is InChI=1S/C23H19BrO5/c1-27-21-11-10-18(24)15-20(21)23(26)29-19-9-5-8-17(14-19)22(25)28-13-12-16-6-3-2-4-7-16/h2-11,14-15H,12-13H2,1H3. The van der Waals surface area contributed by atoms with Crippen molar-refractivity contribution in [1.29, 1.82) is 0 Å². The Kier molecular flexibility index (Phi) is 7.03. The van der Waals surface area contributed by atoms with Crippen molar-refractivity contribution >= 4 is 27.9 Å². The van der Waals surface area contributed by atoms with E-state index in [1.54, 1.807) is 36.4 Å². The monoisotopic (exact) mass is 454 g/mol. The minimum atomic E-state index is -0.585. The summed E-state index contributed by atoms with van der Waals surface area (Å²) in [5, 5.41) is 0. The Morgan fingerprint density at radius 2 is 1.69 bits per heavy atom. The van der Waals surface area contributed by atoms with Gasteiger partial charge in [-0.1, -0.05) is 52.3 Å². The smallest absolute Gasteiger partial charge is 0.347 e. The van der Waals surface area contributed by atoms with Gasteiger partial charge in [-0.05, 0) is 42.0 Å². The van der Waals surface area contributed by atoms with Crippen molar-refractivity contribution in [2.45, 2.75) is 6.42 Å². The fourth-order valence-corrected chi connectivity index (χ4v) is 3.04. The maximum Gasteiger partial charge on any atom is 0.347 e. The summed E-state index contributed by atoms with van der Waals surface area (Å²) in [4.78, 5) is 24.8. The minimum Gasteiger partial charge on any atom is -0.496 e. The zero-order chi connectivity index (χ0) is 20.6. The highest BCUT2D eigenvalue weighted by atomic mass is 79.9. The molecule has 0 saturated heterocycles. The molecule has 0 aromatic heterocycles. The van der Waals surface area contributed by atoms with Crippen LogP contribution < -0.4 is 9.47 Å². The quantitative estimate of drug-likeness (QED) is 0.368. The predicted octanol–water partition coefficient (Wildman–Crippen LogP) is 5.08. The van der Waals surface area contributed by atoms with Gasteiger partial charge in [-0.3, -0.25) is 0 Å². The number of carbonyl (C=O) groups is 2. The first-order chi connectivity index (χ1) is 14.1. The van der Waals surface area contributed by atoms with E-state index in [0.717, 1.165) is 10.0 Å². The SMILES string of the molecule is COc1ccc(Br)cc1C(=O)Oc1cccc(C(=O)OCCc2ccccc2)c1. The van der Waals surface area contributed by atoms with Crippen molar-refractivity contribution in [3.63, 3.8) is 0 Å². The molecule has 6 heteroatoms. The lowest BCUT2D eigenvalue weighted by molar-refractivity contribution is 0.0507. The van der Waals surface area contributed by atoms with Crippen LogP contribution in [0.15, 0.2) is 77.3 Å². The van der Waals surface area contributed by atoms with Gasteiger partial charge in [0, 0.05) is 10.9 Å². The molecular formula is C23H19BrO5. The van der Waals surface area contributed by atoms with Gasteiger partial charge in [0.05, 0.1) is 19.3 Å². The molecule has 3 aromatic rings. The fourth-order valence-electron chi connectivity index (χ4n) is 2.68. The first kappa shape index (κ1) is 20.6. The predicted molar refractivity (Wildman–Crippen MR) is 113 cm³/mol. The molecule has 0 bridgehead atoms. The summed E-state index contributed by atoms with van der Waals surface area (Å²) in [7, 11) is 1.48. The zero-order valence-corrected chi connectivity index (χ0v) is 17.3. The fraction of sp³-hybridized carbons (Fsp3) is 0.130. The summed E-state index contributed by atoms with van der Waals surface area (Å²) in [5.41, 5.74) is 1.67. The van der Waals surface area contributed by atoms with Crippen LogP contribution in [0.25, 0.3) is 0 Å². The maximum absolute atomic E-state index is 12.5. The highest BCUT2D eigenvalue weighted by Gasteiger charge is 2.16. The Balaban J connectivity index is 1.64. The van der Waals surface area contributed by atoms with E-state index in [4.69, 9.17) is 14.2 Å². The molecule has 0 aliphatic carbocycles. The number of rotatable bonds is 7. The molecule has 0 fully saturated rings. The Morgan fingerprint density at radius 1 is 0.897 bits per heavy atom. The summed E-state index contributed by atoms with van der Waals surface area (Å²) < 4.78 is 16.7. The van der Waals surface area contributed by atoms with E-state index in [1.165, 1.54) is 13.2 Å². The third kappa shape index (κ3) is 5.68. The number of methoxy groups -OCH3 is 1. The second-order valence-electron chi connectivity index (χ2n) is 6.13. The maximum atomic E-state index is 12.5. The average Bonchev–Trinajstić information content (AvgIpc) is 2.74. The lowest BCUT2D eigenvalue weighted by atomic mass is 10.2. The third-order valence-corrected chi connectivity index (χ3v) is 4.62. The van der Waals surface area contributed by atoms with Crippen molar-refractivity contribution in [1.82, 2.24) is 0 Å². The van der Waals surface area contributed by atoms with E-state index in [-0.39, 0.29) is 17.9 Å². The van der Waals surface area contributed by atoms with Crippen LogP contribution in [0, 0.1) is 0 Å². The topological polar surface area (TPSA) is 61.8 Å². The summed E-state index contributed by atoms with van der Waals surface area (Å²) in [6.07, 6.45) is 0.629. The summed E-state index contributed by atoms with van der Waals surface area (Å²) in [6, 6.07) is 21.1. The van der Waals surface area contributed by atoms with Gasteiger partial charge in [-0.2, -0.15) is 0 Å². The van der Waals surface area contributed by atoms with Crippen LogP contribution in [0.3, 0.4) is 0 Å². The number of benzene rings is 3. The molecule has 0 spiro atoms. The number of hydrogen-bond acceptors (Lipinski definition) is 5. The van der Waals surface area contributed by atoms with E-state index in [9.17, 15) is 9.59 Å². The van der Waals surface area contributed by atoms with Gasteiger partial charge in [0.25, 0.3) is 0 Å². The normalized spacial score (nSPS) is 10.3. The molecule has 0 amide bonds. The molecule has 3 aromatic carbocycles. The molecular weight excluding hydrogens is 436 g/mol. The summed E-state index contributed by atoms with van der Waals surface area (Å²) >= 11 is 3.33. The Morgan fingerprint density at radius 3 is 2.45 bits per heavy atom. The molecule has 3 rings (SSSR count). The van der Waals surface area contributed by atoms with Crippen molar-refractivity contribution in [3.05, 3.63) is 94.0 Å². The largest absolute Gasteiger partial charge is 0.496 e. The molecule has 0 saturated carbocycles. The van der Waals surface area contributed by atoms with Crippen LogP contribution in [-0.4, -0.2) is 25.7 Å². The number of ether oxygens (including phenoxy) is 3. The summed E-state index contributed by atoms with van der Waals surface area (Å²) in [5.74, 6) is -0.416. The minimum absolute atomic E-state index is 0.245. The number of carbonyl (C=O) groups excluding carboxylic acids is 2. The molecule has 0 aliphatic rings. The van der Waals surface area contributed by atoms with Gasteiger partial charge >= 0.3 is 11.9 Å². The molecule has 0 heterocycles. The lowest BCUT2D eigenvalue weighted by Gasteiger charge is -2.10. The second-order valence-corrected chi connectivity index (χ2v) is 7.05. The van der Waals surface area contributed by atoms with Gasteiger partial charge in [0.15, 0.2) is 0 Å². The molecule has 29 heavy (non-hydrogen) atoms. The molecule has 5 nitrogen and oxygen atoms in total. The third-order valence-electron chi connectivity index (χ3n) is 4.13. The van der Waals surface area contributed by atoms with Crippen LogP contribution in [0.2, 0.25) is 0 Å².